The van der Waals surface area contributed by atoms with Crippen molar-refractivity contribution in [1.82, 2.24) is 9.80 Å². The van der Waals surface area contributed by atoms with Crippen LogP contribution in [0.1, 0.15) is 27.5 Å². The molecule has 0 radical (unpaired) electrons. The smallest absolute Gasteiger partial charge is 0.336 e. The van der Waals surface area contributed by atoms with Crippen LogP contribution in [0.3, 0.4) is 0 Å². The third kappa shape index (κ3) is 4.96. The van der Waals surface area contributed by atoms with Crippen LogP contribution in [-0.2, 0) is 9.84 Å². The molecule has 1 fully saturated rings. The summed E-state index contributed by atoms with van der Waals surface area (Å²) in [4.78, 5) is 16.5. The zero-order valence-electron chi connectivity index (χ0n) is 17.8. The molecule has 8 heteroatoms. The fourth-order valence-electron chi connectivity index (χ4n) is 4.14. The van der Waals surface area contributed by atoms with Gasteiger partial charge in [-0.05, 0) is 35.4 Å². The van der Waals surface area contributed by atoms with E-state index in [9.17, 15) is 22.0 Å². The van der Waals surface area contributed by atoms with Gasteiger partial charge in [0.15, 0.2) is 0 Å². The van der Waals surface area contributed by atoms with Gasteiger partial charge < -0.3 is 4.90 Å². The Kier molecular flexibility index (Phi) is 6.85. The van der Waals surface area contributed by atoms with Crippen molar-refractivity contribution in [3.05, 3.63) is 102 Å². The second-order valence-corrected chi connectivity index (χ2v) is 9.80. The molecule has 1 aliphatic rings. The number of rotatable bonds is 6. The Balaban J connectivity index is 1.47. The molecule has 3 aromatic carbocycles. The molecule has 0 unspecified atom stereocenters. The minimum Gasteiger partial charge on any atom is -0.336 e. The first-order chi connectivity index (χ1) is 15.9. The van der Waals surface area contributed by atoms with Gasteiger partial charge in [0, 0.05) is 31.7 Å². The second kappa shape index (κ2) is 9.80. The minimum atomic E-state index is -4.68. The van der Waals surface area contributed by atoms with Gasteiger partial charge in [0.2, 0.25) is 9.84 Å². The fraction of sp³-hybridized carbons (Fsp3) is 0.240. The minimum absolute atomic E-state index is 0.0727. The lowest BCUT2D eigenvalue weighted by Gasteiger charge is -2.39. The Labute approximate surface area is 192 Å². The molecule has 1 aliphatic heterocycles. The first kappa shape index (κ1) is 23.1. The van der Waals surface area contributed by atoms with E-state index in [4.69, 9.17) is 0 Å². The van der Waals surface area contributed by atoms with E-state index in [1.54, 1.807) is 4.90 Å². The molecule has 1 heterocycles. The first-order valence-electron chi connectivity index (χ1n) is 10.6. The zero-order chi connectivity index (χ0) is 23.4. The van der Waals surface area contributed by atoms with E-state index in [1.807, 2.05) is 36.4 Å². The number of benzene rings is 3. The lowest BCUT2D eigenvalue weighted by Crippen LogP contribution is -2.49. The van der Waals surface area contributed by atoms with Crippen molar-refractivity contribution in [3.8, 4) is 0 Å². The average molecular weight is 471 g/mol. The third-order valence-electron chi connectivity index (χ3n) is 5.86. The SMILES string of the molecule is O=C(c1ccc(S(=O)(=O)C(F)F)cc1)N1CCN(C(c2ccccc2)c2ccccc2)CC1. The Morgan fingerprint density at radius 1 is 0.727 bits per heavy atom. The molecule has 4 rings (SSSR count). The van der Waals surface area contributed by atoms with Crippen LogP contribution in [0.4, 0.5) is 8.78 Å². The topological polar surface area (TPSA) is 57.7 Å². The largest absolute Gasteiger partial charge is 0.341 e. The van der Waals surface area contributed by atoms with Gasteiger partial charge in [-0.15, -0.1) is 0 Å². The van der Waals surface area contributed by atoms with Crippen LogP contribution in [0.2, 0.25) is 0 Å². The highest BCUT2D eigenvalue weighted by Crippen LogP contribution is 2.29. The van der Waals surface area contributed by atoms with Crippen molar-refractivity contribution >= 4 is 15.7 Å². The summed E-state index contributed by atoms with van der Waals surface area (Å²) in [5, 5.41) is 0. The monoisotopic (exact) mass is 470 g/mol. The molecule has 3 aromatic rings. The van der Waals surface area contributed by atoms with E-state index < -0.39 is 20.5 Å². The van der Waals surface area contributed by atoms with Gasteiger partial charge in [0.1, 0.15) is 0 Å². The van der Waals surface area contributed by atoms with Gasteiger partial charge in [0.25, 0.3) is 5.91 Å². The number of hydrogen-bond donors (Lipinski definition) is 0. The average Bonchev–Trinajstić information content (AvgIpc) is 2.85. The number of sulfone groups is 1. The van der Waals surface area contributed by atoms with Gasteiger partial charge in [0.05, 0.1) is 10.9 Å². The zero-order valence-corrected chi connectivity index (χ0v) is 18.7. The highest BCUT2D eigenvalue weighted by molar-refractivity contribution is 7.91. The summed E-state index contributed by atoms with van der Waals surface area (Å²) in [6.07, 6.45) is 0. The van der Waals surface area contributed by atoms with E-state index in [1.165, 1.54) is 23.3 Å². The highest BCUT2D eigenvalue weighted by atomic mass is 32.2. The Morgan fingerprint density at radius 2 is 1.21 bits per heavy atom. The first-order valence-corrected chi connectivity index (χ1v) is 12.2. The van der Waals surface area contributed by atoms with Crippen molar-refractivity contribution in [1.29, 1.82) is 0 Å². The summed E-state index contributed by atoms with van der Waals surface area (Å²) in [6.45, 7) is 2.34. The van der Waals surface area contributed by atoms with Crippen molar-refractivity contribution in [2.75, 3.05) is 26.2 Å². The van der Waals surface area contributed by atoms with Crippen molar-refractivity contribution < 1.29 is 22.0 Å². The maximum absolute atomic E-state index is 12.9. The highest BCUT2D eigenvalue weighted by Gasteiger charge is 2.30. The number of carbonyl (C=O) groups excluding carboxylic acids is 1. The van der Waals surface area contributed by atoms with Crippen LogP contribution >= 0.6 is 0 Å². The van der Waals surface area contributed by atoms with Gasteiger partial charge in [-0.25, -0.2) is 8.42 Å². The number of alkyl halides is 2. The van der Waals surface area contributed by atoms with Crippen LogP contribution in [0.5, 0.6) is 0 Å². The van der Waals surface area contributed by atoms with E-state index in [-0.39, 0.29) is 17.5 Å². The molecule has 0 atom stereocenters. The lowest BCUT2D eigenvalue weighted by molar-refractivity contribution is 0.0597. The number of amides is 1. The maximum atomic E-state index is 12.9. The quantitative estimate of drug-likeness (QED) is 0.541. The summed E-state index contributed by atoms with van der Waals surface area (Å²) < 4.78 is 48.7. The Bertz CT molecular complexity index is 1140. The molecule has 0 N–H and O–H groups in total. The molecule has 1 amide bonds. The van der Waals surface area contributed by atoms with E-state index in [2.05, 4.69) is 29.2 Å². The van der Waals surface area contributed by atoms with Gasteiger partial charge in [-0.2, -0.15) is 8.78 Å². The summed E-state index contributed by atoms with van der Waals surface area (Å²) in [5.41, 5.74) is 2.64. The van der Waals surface area contributed by atoms with Crippen molar-refractivity contribution in [3.63, 3.8) is 0 Å². The maximum Gasteiger partial charge on any atom is 0.341 e. The molecule has 0 spiro atoms. The van der Waals surface area contributed by atoms with Crippen LogP contribution in [0.25, 0.3) is 0 Å². The molecule has 172 valence electrons. The summed E-state index contributed by atoms with van der Waals surface area (Å²) in [7, 11) is -4.68. The van der Waals surface area contributed by atoms with Gasteiger partial charge >= 0.3 is 5.76 Å². The molecular formula is C25H24F2N2O3S. The van der Waals surface area contributed by atoms with E-state index >= 15 is 0 Å². The van der Waals surface area contributed by atoms with Crippen LogP contribution < -0.4 is 0 Å². The van der Waals surface area contributed by atoms with Crippen molar-refractivity contribution in [2.45, 2.75) is 16.7 Å². The number of piperazine rings is 1. The molecule has 5 nitrogen and oxygen atoms in total. The van der Waals surface area contributed by atoms with Gasteiger partial charge in [-0.3, -0.25) is 9.69 Å². The molecule has 0 bridgehead atoms. The molecule has 0 aromatic heterocycles. The van der Waals surface area contributed by atoms with Crippen LogP contribution in [0.15, 0.2) is 89.8 Å². The lowest BCUT2D eigenvalue weighted by atomic mass is 9.96. The predicted octanol–water partition coefficient (Wildman–Crippen LogP) is 4.23. The predicted molar refractivity (Wildman–Crippen MR) is 122 cm³/mol. The fourth-order valence-corrected chi connectivity index (χ4v) is 4.86. The summed E-state index contributed by atoms with van der Waals surface area (Å²) in [5.74, 6) is -3.74. The summed E-state index contributed by atoms with van der Waals surface area (Å²) >= 11 is 0. The van der Waals surface area contributed by atoms with Crippen molar-refractivity contribution in [2.24, 2.45) is 0 Å². The van der Waals surface area contributed by atoms with Gasteiger partial charge in [-0.1, -0.05) is 60.7 Å². The third-order valence-corrected chi connectivity index (χ3v) is 7.26. The molecule has 0 saturated carbocycles. The number of carbonyl (C=O) groups is 1. The van der Waals surface area contributed by atoms with E-state index in [0.717, 1.165) is 12.1 Å². The molecule has 0 aliphatic carbocycles. The molecular weight excluding hydrogens is 446 g/mol. The molecule has 1 saturated heterocycles. The summed E-state index contributed by atoms with van der Waals surface area (Å²) in [6, 6.07) is 25.2. The Hall–Kier alpha value is -3.10. The van der Waals surface area contributed by atoms with E-state index in [0.29, 0.717) is 26.2 Å². The molecule has 33 heavy (non-hydrogen) atoms. The Morgan fingerprint density at radius 3 is 1.67 bits per heavy atom. The normalized spacial score (nSPS) is 15.2. The van der Waals surface area contributed by atoms with Crippen LogP contribution in [0, 0.1) is 0 Å². The number of nitrogens with zero attached hydrogens (tertiary/aromatic N) is 2. The second-order valence-electron chi connectivity index (χ2n) is 7.88. The number of halogens is 2. The number of hydrogen-bond acceptors (Lipinski definition) is 4. The van der Waals surface area contributed by atoms with Crippen LogP contribution in [-0.4, -0.2) is 56.1 Å². The standard InChI is InChI=1S/C25H24F2N2O3S/c26-25(27)33(31,32)22-13-11-21(12-14-22)24(30)29-17-15-28(16-18-29)23(19-7-3-1-4-8-19)20-9-5-2-6-10-20/h1-14,23,25H,15-18H2.